The third-order valence-electron chi connectivity index (χ3n) is 4.41. The molecule has 1 fully saturated rings. The van der Waals surface area contributed by atoms with E-state index in [1.807, 2.05) is 11.8 Å². The van der Waals surface area contributed by atoms with Crippen LogP contribution in [-0.2, 0) is 6.54 Å². The van der Waals surface area contributed by atoms with E-state index >= 15 is 0 Å². The molecule has 1 aliphatic rings. The number of anilines is 1. The van der Waals surface area contributed by atoms with E-state index in [-0.39, 0.29) is 11.9 Å². The van der Waals surface area contributed by atoms with E-state index in [0.29, 0.717) is 18.9 Å². The van der Waals surface area contributed by atoms with E-state index in [1.54, 1.807) is 12.3 Å². The molecule has 1 aromatic heterocycles. The summed E-state index contributed by atoms with van der Waals surface area (Å²) in [5.41, 5.74) is 2.42. The average Bonchev–Trinajstić information content (AvgIpc) is 3.09. The molecule has 2 aromatic rings. The molecule has 1 atom stereocenters. The van der Waals surface area contributed by atoms with Crippen LogP contribution < -0.4 is 15.5 Å². The predicted molar refractivity (Wildman–Crippen MR) is 104 cm³/mol. The Balaban J connectivity index is 1.61. The lowest BCUT2D eigenvalue weighted by molar-refractivity contribution is 0.612. The summed E-state index contributed by atoms with van der Waals surface area (Å²) in [4.78, 5) is 10.8. The summed E-state index contributed by atoms with van der Waals surface area (Å²) >= 11 is 0. The predicted octanol–water partition coefficient (Wildman–Crippen LogP) is 2.86. The second-order valence-electron chi connectivity index (χ2n) is 6.57. The van der Waals surface area contributed by atoms with Crippen LogP contribution in [0.25, 0.3) is 0 Å². The maximum Gasteiger partial charge on any atom is 0.191 e. The molecule has 0 amide bonds. The summed E-state index contributed by atoms with van der Waals surface area (Å²) in [6.07, 6.45) is 2.55. The average molecular weight is 355 g/mol. The third-order valence-corrected chi connectivity index (χ3v) is 4.41. The number of aliphatic imine (C=N–C) groups is 1. The number of rotatable bonds is 5. The van der Waals surface area contributed by atoms with Gasteiger partial charge in [-0.05, 0) is 38.0 Å². The van der Waals surface area contributed by atoms with Crippen LogP contribution in [0.2, 0.25) is 0 Å². The first-order chi connectivity index (χ1) is 12.7. The zero-order chi connectivity index (χ0) is 18.4. The molecule has 26 heavy (non-hydrogen) atoms. The normalized spacial score (nSPS) is 17.4. The maximum absolute atomic E-state index is 13.9. The summed E-state index contributed by atoms with van der Waals surface area (Å²) in [5, 5.41) is 6.76. The molecule has 1 unspecified atom stereocenters. The lowest BCUT2D eigenvalue weighted by Gasteiger charge is -2.20. The zero-order valence-electron chi connectivity index (χ0n) is 15.4. The first-order valence-corrected chi connectivity index (χ1v) is 9.11. The Morgan fingerprint density at radius 1 is 1.35 bits per heavy atom. The number of halogens is 1. The van der Waals surface area contributed by atoms with E-state index in [1.165, 1.54) is 17.2 Å². The SMILES string of the molecule is CCNC(=NCc1cccc(C)c1)NC1CCN(c2ncccc2F)C1. The van der Waals surface area contributed by atoms with E-state index in [4.69, 9.17) is 0 Å². The van der Waals surface area contributed by atoms with Crippen molar-refractivity contribution in [3.05, 3.63) is 59.5 Å². The molecule has 2 heterocycles. The molecule has 1 aromatic carbocycles. The largest absolute Gasteiger partial charge is 0.357 e. The Morgan fingerprint density at radius 3 is 3.00 bits per heavy atom. The van der Waals surface area contributed by atoms with Crippen molar-refractivity contribution in [2.75, 3.05) is 24.5 Å². The highest BCUT2D eigenvalue weighted by Crippen LogP contribution is 2.20. The van der Waals surface area contributed by atoms with Gasteiger partial charge >= 0.3 is 0 Å². The van der Waals surface area contributed by atoms with Crippen molar-refractivity contribution in [3.63, 3.8) is 0 Å². The summed E-state index contributed by atoms with van der Waals surface area (Å²) in [5.74, 6) is 0.953. The zero-order valence-corrected chi connectivity index (χ0v) is 15.4. The minimum Gasteiger partial charge on any atom is -0.357 e. The quantitative estimate of drug-likeness (QED) is 0.640. The molecular weight excluding hydrogens is 329 g/mol. The number of pyridine rings is 1. The Bertz CT molecular complexity index is 761. The minimum atomic E-state index is -0.270. The van der Waals surface area contributed by atoms with E-state index in [9.17, 15) is 4.39 Å². The topological polar surface area (TPSA) is 52.6 Å². The molecule has 6 heteroatoms. The van der Waals surface area contributed by atoms with Crippen molar-refractivity contribution in [1.82, 2.24) is 15.6 Å². The number of aromatic nitrogens is 1. The van der Waals surface area contributed by atoms with Gasteiger partial charge in [-0.15, -0.1) is 0 Å². The Kier molecular flexibility index (Phi) is 6.04. The molecule has 138 valence electrons. The van der Waals surface area contributed by atoms with Gasteiger partial charge in [0, 0.05) is 31.9 Å². The van der Waals surface area contributed by atoms with Crippen molar-refractivity contribution < 1.29 is 4.39 Å². The van der Waals surface area contributed by atoms with Gasteiger partial charge in [-0.2, -0.15) is 0 Å². The van der Waals surface area contributed by atoms with Crippen molar-refractivity contribution >= 4 is 11.8 Å². The van der Waals surface area contributed by atoms with Crippen LogP contribution in [-0.4, -0.2) is 36.6 Å². The van der Waals surface area contributed by atoms with Gasteiger partial charge in [-0.1, -0.05) is 29.8 Å². The summed E-state index contributed by atoms with van der Waals surface area (Å²) < 4.78 is 13.9. The minimum absolute atomic E-state index is 0.215. The van der Waals surface area contributed by atoms with Crippen molar-refractivity contribution in [2.45, 2.75) is 32.9 Å². The molecule has 0 radical (unpaired) electrons. The van der Waals surface area contributed by atoms with Gasteiger partial charge in [0.15, 0.2) is 17.6 Å². The molecule has 0 saturated carbocycles. The fourth-order valence-electron chi connectivity index (χ4n) is 3.17. The molecule has 1 aliphatic heterocycles. The number of aryl methyl sites for hydroxylation is 1. The maximum atomic E-state index is 13.9. The van der Waals surface area contributed by atoms with Crippen molar-refractivity contribution in [3.8, 4) is 0 Å². The molecular formula is C20H26FN5. The first kappa shape index (κ1) is 18.2. The van der Waals surface area contributed by atoms with Crippen LogP contribution in [0, 0.1) is 12.7 Å². The molecule has 1 saturated heterocycles. The molecule has 0 aliphatic carbocycles. The highest BCUT2D eigenvalue weighted by atomic mass is 19.1. The number of hydrogen-bond acceptors (Lipinski definition) is 3. The number of hydrogen-bond donors (Lipinski definition) is 2. The van der Waals surface area contributed by atoms with Crippen molar-refractivity contribution in [1.29, 1.82) is 0 Å². The van der Waals surface area contributed by atoms with Crippen molar-refractivity contribution in [2.24, 2.45) is 4.99 Å². The number of benzene rings is 1. The van der Waals surface area contributed by atoms with Gasteiger partial charge in [0.1, 0.15) is 0 Å². The monoisotopic (exact) mass is 355 g/mol. The summed E-state index contributed by atoms with van der Waals surface area (Å²) in [7, 11) is 0. The molecule has 0 bridgehead atoms. The van der Waals surface area contributed by atoms with E-state index in [0.717, 1.165) is 25.5 Å². The highest BCUT2D eigenvalue weighted by molar-refractivity contribution is 5.80. The second kappa shape index (κ2) is 8.65. The molecule has 5 nitrogen and oxygen atoms in total. The summed E-state index contributed by atoms with van der Waals surface area (Å²) in [6.45, 7) is 7.05. The van der Waals surface area contributed by atoms with Gasteiger partial charge in [0.25, 0.3) is 0 Å². The third kappa shape index (κ3) is 4.71. The fourth-order valence-corrected chi connectivity index (χ4v) is 3.17. The van der Waals surface area contributed by atoms with Crippen LogP contribution in [0.3, 0.4) is 0 Å². The van der Waals surface area contributed by atoms with Gasteiger partial charge in [-0.3, -0.25) is 0 Å². The number of guanidine groups is 1. The lowest BCUT2D eigenvalue weighted by Crippen LogP contribution is -2.44. The number of nitrogens with zero attached hydrogens (tertiary/aromatic N) is 3. The Morgan fingerprint density at radius 2 is 2.23 bits per heavy atom. The van der Waals surface area contributed by atoms with Gasteiger partial charge < -0.3 is 15.5 Å². The summed E-state index contributed by atoms with van der Waals surface area (Å²) in [6, 6.07) is 11.7. The fraction of sp³-hybridized carbons (Fsp3) is 0.400. The molecule has 3 rings (SSSR count). The molecule has 0 spiro atoms. The second-order valence-corrected chi connectivity index (χ2v) is 6.57. The van der Waals surface area contributed by atoms with Crippen LogP contribution >= 0.6 is 0 Å². The lowest BCUT2D eigenvalue weighted by atomic mass is 10.1. The number of nitrogens with one attached hydrogen (secondary N) is 2. The van der Waals surface area contributed by atoms with Crippen LogP contribution in [0.15, 0.2) is 47.6 Å². The Labute approximate surface area is 154 Å². The smallest absolute Gasteiger partial charge is 0.191 e. The van der Waals surface area contributed by atoms with Gasteiger partial charge in [0.05, 0.1) is 6.54 Å². The van der Waals surface area contributed by atoms with Gasteiger partial charge in [0.2, 0.25) is 0 Å². The first-order valence-electron chi connectivity index (χ1n) is 9.11. The van der Waals surface area contributed by atoms with Crippen LogP contribution in [0.4, 0.5) is 10.2 Å². The Hall–Kier alpha value is -2.63. The van der Waals surface area contributed by atoms with Gasteiger partial charge in [-0.25, -0.2) is 14.4 Å². The highest BCUT2D eigenvalue weighted by Gasteiger charge is 2.25. The van der Waals surface area contributed by atoms with E-state index < -0.39 is 0 Å². The van der Waals surface area contributed by atoms with Crippen LogP contribution in [0.5, 0.6) is 0 Å². The van der Waals surface area contributed by atoms with E-state index in [2.05, 4.69) is 51.8 Å². The van der Waals surface area contributed by atoms with Crippen LogP contribution in [0.1, 0.15) is 24.5 Å². The standard InChI is InChI=1S/C20H26FN5/c1-3-22-20(24-13-16-7-4-6-15(2)12-16)25-17-9-11-26(14-17)19-18(21)8-5-10-23-19/h4-8,10,12,17H,3,9,11,13-14H2,1-2H3,(H2,22,24,25). The molecule has 2 N–H and O–H groups in total.